The van der Waals surface area contributed by atoms with E-state index in [9.17, 15) is 9.90 Å². The normalized spacial score (nSPS) is 20.1. The summed E-state index contributed by atoms with van der Waals surface area (Å²) in [5.74, 6) is -0.0151. The van der Waals surface area contributed by atoms with Gasteiger partial charge < -0.3 is 15.7 Å². The fourth-order valence-electron chi connectivity index (χ4n) is 4.49. The van der Waals surface area contributed by atoms with Crippen LogP contribution in [0.15, 0.2) is 84.1 Å². The number of hydrogen-bond donors (Lipinski definition) is 3. The summed E-state index contributed by atoms with van der Waals surface area (Å²) in [5.41, 5.74) is 5.97. The van der Waals surface area contributed by atoms with Crippen LogP contribution >= 0.6 is 11.6 Å². The third-order valence-electron chi connectivity index (χ3n) is 6.01. The van der Waals surface area contributed by atoms with Gasteiger partial charge in [0.15, 0.2) is 5.78 Å². The van der Waals surface area contributed by atoms with Gasteiger partial charge in [-0.2, -0.15) is 0 Å². The number of allylic oxidation sites excluding steroid dienone is 1. The Hall–Kier alpha value is -3.08. The van der Waals surface area contributed by atoms with Gasteiger partial charge in [0.25, 0.3) is 0 Å². The van der Waals surface area contributed by atoms with Gasteiger partial charge in [-0.05, 0) is 55.2 Å². The maximum Gasteiger partial charge on any atom is 0.193 e. The molecule has 1 aliphatic carbocycles. The van der Waals surface area contributed by atoms with Gasteiger partial charge in [0.1, 0.15) is 0 Å². The fraction of sp³-hybridized carbons (Fsp3) is 0.192. The molecule has 2 unspecified atom stereocenters. The SMILES string of the molecule is O=C(c1ccccc1)c1ccc2c(c1)NC1=C(C(O)CCC1)C(c1cccc(Cl)c1)N2. The predicted molar refractivity (Wildman–Crippen MR) is 125 cm³/mol. The molecule has 31 heavy (non-hydrogen) atoms. The zero-order chi connectivity index (χ0) is 21.4. The Morgan fingerprint density at radius 3 is 2.58 bits per heavy atom. The zero-order valence-corrected chi connectivity index (χ0v) is 17.7. The van der Waals surface area contributed by atoms with Crippen LogP contribution in [-0.4, -0.2) is 17.0 Å². The molecule has 3 aromatic rings. The van der Waals surface area contributed by atoms with Crippen molar-refractivity contribution in [3.8, 4) is 0 Å². The lowest BCUT2D eigenvalue weighted by molar-refractivity contribution is 0.103. The third kappa shape index (κ3) is 3.85. The fourth-order valence-corrected chi connectivity index (χ4v) is 4.69. The van der Waals surface area contributed by atoms with Gasteiger partial charge in [0.05, 0.1) is 23.5 Å². The molecule has 3 aromatic carbocycles. The number of benzene rings is 3. The van der Waals surface area contributed by atoms with E-state index in [4.69, 9.17) is 11.6 Å². The van der Waals surface area contributed by atoms with Crippen molar-refractivity contribution < 1.29 is 9.90 Å². The minimum absolute atomic E-state index is 0.0151. The molecule has 3 N–H and O–H groups in total. The van der Waals surface area contributed by atoms with Crippen LogP contribution < -0.4 is 10.6 Å². The van der Waals surface area contributed by atoms with E-state index in [1.165, 1.54) is 0 Å². The smallest absolute Gasteiger partial charge is 0.193 e. The number of ketones is 1. The molecular weight excluding hydrogens is 408 g/mol. The monoisotopic (exact) mass is 430 g/mol. The van der Waals surface area contributed by atoms with E-state index in [1.54, 1.807) is 0 Å². The van der Waals surface area contributed by atoms with Crippen LogP contribution in [0.2, 0.25) is 5.02 Å². The van der Waals surface area contributed by atoms with Crippen molar-refractivity contribution in [2.24, 2.45) is 0 Å². The van der Waals surface area contributed by atoms with Gasteiger partial charge >= 0.3 is 0 Å². The Bertz CT molecular complexity index is 1170. The topological polar surface area (TPSA) is 61.4 Å². The van der Waals surface area contributed by atoms with Crippen LogP contribution in [0.3, 0.4) is 0 Å². The molecule has 5 heteroatoms. The summed E-state index contributed by atoms with van der Waals surface area (Å²) in [6, 6.07) is 22.5. The molecule has 0 bridgehead atoms. The molecule has 2 aliphatic rings. The van der Waals surface area contributed by atoms with Crippen molar-refractivity contribution in [2.45, 2.75) is 31.4 Å². The average molecular weight is 431 g/mol. The number of halogens is 1. The second kappa shape index (κ2) is 8.22. The highest BCUT2D eigenvalue weighted by Crippen LogP contribution is 2.42. The Balaban J connectivity index is 1.58. The first-order chi connectivity index (χ1) is 15.1. The predicted octanol–water partition coefficient (Wildman–Crippen LogP) is 5.95. The third-order valence-corrected chi connectivity index (χ3v) is 6.24. The van der Waals surface area contributed by atoms with Crippen molar-refractivity contribution in [1.29, 1.82) is 0 Å². The average Bonchev–Trinajstić information content (AvgIpc) is 2.96. The molecule has 0 spiro atoms. The van der Waals surface area contributed by atoms with Crippen molar-refractivity contribution in [3.63, 3.8) is 0 Å². The molecule has 0 fully saturated rings. The highest BCUT2D eigenvalue weighted by molar-refractivity contribution is 6.30. The molecule has 156 valence electrons. The van der Waals surface area contributed by atoms with Crippen molar-refractivity contribution in [2.75, 3.05) is 10.6 Å². The van der Waals surface area contributed by atoms with Crippen molar-refractivity contribution in [1.82, 2.24) is 0 Å². The summed E-state index contributed by atoms with van der Waals surface area (Å²) in [6.45, 7) is 0. The lowest BCUT2D eigenvalue weighted by Gasteiger charge is -2.30. The van der Waals surface area contributed by atoms with E-state index in [0.29, 0.717) is 16.1 Å². The molecule has 0 radical (unpaired) electrons. The van der Waals surface area contributed by atoms with Crippen LogP contribution in [0.5, 0.6) is 0 Å². The summed E-state index contributed by atoms with van der Waals surface area (Å²) in [5, 5.41) is 18.6. The van der Waals surface area contributed by atoms with E-state index >= 15 is 0 Å². The van der Waals surface area contributed by atoms with E-state index in [-0.39, 0.29) is 11.8 Å². The van der Waals surface area contributed by atoms with Crippen molar-refractivity contribution in [3.05, 3.63) is 106 Å². The number of nitrogens with one attached hydrogen (secondary N) is 2. The van der Waals surface area contributed by atoms with E-state index in [0.717, 1.165) is 47.5 Å². The maximum absolute atomic E-state index is 13.0. The quantitative estimate of drug-likeness (QED) is 0.449. The van der Waals surface area contributed by atoms with Crippen LogP contribution in [0.25, 0.3) is 0 Å². The molecule has 1 heterocycles. The number of aliphatic hydroxyl groups is 1. The second-order valence-corrected chi connectivity index (χ2v) is 8.49. The highest BCUT2D eigenvalue weighted by Gasteiger charge is 2.32. The summed E-state index contributed by atoms with van der Waals surface area (Å²) in [4.78, 5) is 13.0. The molecule has 2 atom stereocenters. The summed E-state index contributed by atoms with van der Waals surface area (Å²) < 4.78 is 0. The molecule has 5 rings (SSSR count). The van der Waals surface area contributed by atoms with Gasteiger partial charge in [-0.1, -0.05) is 54.1 Å². The number of rotatable bonds is 3. The number of hydrogen-bond acceptors (Lipinski definition) is 4. The van der Waals surface area contributed by atoms with Gasteiger partial charge in [0.2, 0.25) is 0 Å². The number of carbonyl (C=O) groups excluding carboxylic acids is 1. The summed E-state index contributed by atoms with van der Waals surface area (Å²) in [7, 11) is 0. The highest BCUT2D eigenvalue weighted by atomic mass is 35.5. The van der Waals surface area contributed by atoms with Gasteiger partial charge in [0, 0.05) is 27.4 Å². The molecule has 0 saturated heterocycles. The van der Waals surface area contributed by atoms with Gasteiger partial charge in [-0.25, -0.2) is 0 Å². The number of aliphatic hydroxyl groups excluding tert-OH is 1. The van der Waals surface area contributed by atoms with E-state index in [1.807, 2.05) is 72.8 Å². The second-order valence-electron chi connectivity index (χ2n) is 8.05. The maximum atomic E-state index is 13.0. The molecule has 4 nitrogen and oxygen atoms in total. The van der Waals surface area contributed by atoms with E-state index < -0.39 is 6.10 Å². The largest absolute Gasteiger partial charge is 0.389 e. The lowest BCUT2D eigenvalue weighted by Crippen LogP contribution is -2.27. The van der Waals surface area contributed by atoms with E-state index in [2.05, 4.69) is 10.6 Å². The Morgan fingerprint density at radius 1 is 0.935 bits per heavy atom. The number of fused-ring (bicyclic) bond motifs is 1. The Labute approximate surface area is 186 Å². The standard InChI is InChI=1S/C26H23ClN2O2/c27-19-9-4-8-17(14-19)25-24-21(10-5-11-23(24)30)28-22-15-18(12-13-20(22)29-25)26(31)16-6-2-1-3-7-16/h1-4,6-9,12-15,23,25,28-30H,5,10-11H2. The van der Waals surface area contributed by atoms with Gasteiger partial charge in [-0.15, -0.1) is 0 Å². The first-order valence-corrected chi connectivity index (χ1v) is 10.9. The van der Waals surface area contributed by atoms with Crippen molar-refractivity contribution >= 4 is 28.8 Å². The van der Waals surface area contributed by atoms with Gasteiger partial charge in [-0.3, -0.25) is 4.79 Å². The first kappa shape index (κ1) is 19.9. The van der Waals surface area contributed by atoms with Crippen LogP contribution in [0.1, 0.15) is 46.8 Å². The number of anilines is 2. The molecular formula is C26H23ClN2O2. The molecule has 0 amide bonds. The Kier molecular flexibility index (Phi) is 5.26. The van der Waals surface area contributed by atoms with Crippen LogP contribution in [0, 0.1) is 0 Å². The number of carbonyl (C=O) groups is 1. The lowest BCUT2D eigenvalue weighted by atomic mass is 9.85. The molecule has 0 saturated carbocycles. The minimum atomic E-state index is -0.535. The van der Waals surface area contributed by atoms with Crippen LogP contribution in [-0.2, 0) is 0 Å². The first-order valence-electron chi connectivity index (χ1n) is 10.5. The minimum Gasteiger partial charge on any atom is -0.389 e. The summed E-state index contributed by atoms with van der Waals surface area (Å²) in [6.07, 6.45) is 1.95. The molecule has 0 aromatic heterocycles. The van der Waals surface area contributed by atoms with Crippen LogP contribution in [0.4, 0.5) is 11.4 Å². The zero-order valence-electron chi connectivity index (χ0n) is 16.9. The molecule has 1 aliphatic heterocycles. The Morgan fingerprint density at radius 2 is 1.77 bits per heavy atom. The summed E-state index contributed by atoms with van der Waals surface area (Å²) >= 11 is 6.27.